The van der Waals surface area contributed by atoms with Gasteiger partial charge in [-0.2, -0.15) is 0 Å². The first-order valence-electron chi connectivity index (χ1n) is 12.0. The van der Waals surface area contributed by atoms with Crippen molar-refractivity contribution in [2.75, 3.05) is 0 Å². The highest BCUT2D eigenvalue weighted by atomic mass is 32.2. The summed E-state index contributed by atoms with van der Waals surface area (Å²) in [6.07, 6.45) is 10.8. The summed E-state index contributed by atoms with van der Waals surface area (Å²) in [6, 6.07) is 18.2. The molecule has 0 radical (unpaired) electrons. The summed E-state index contributed by atoms with van der Waals surface area (Å²) in [6.45, 7) is 1.50. The molecule has 1 aliphatic rings. The molecule has 0 aliphatic carbocycles. The van der Waals surface area contributed by atoms with Crippen molar-refractivity contribution >= 4 is 23.7 Å². The summed E-state index contributed by atoms with van der Waals surface area (Å²) >= 11 is 1.07. The first kappa shape index (κ1) is 25.9. The number of ether oxygens (including phenoxy) is 1. The molecule has 2 N–H and O–H groups in total. The van der Waals surface area contributed by atoms with Gasteiger partial charge in [0.15, 0.2) is 5.09 Å². The van der Waals surface area contributed by atoms with Gasteiger partial charge in [0.1, 0.15) is 5.25 Å². The maximum Gasteiger partial charge on any atom is 0.348 e. The van der Waals surface area contributed by atoms with E-state index in [0.717, 1.165) is 48.6 Å². The Bertz CT molecular complexity index is 987. The van der Waals surface area contributed by atoms with Crippen molar-refractivity contribution in [3.05, 3.63) is 82.5 Å². The number of hydrogen-bond donors (Lipinski definition) is 2. The van der Waals surface area contributed by atoms with Crippen LogP contribution in [0.2, 0.25) is 0 Å². The quantitative estimate of drug-likeness (QED) is 0.289. The molecule has 0 fully saturated rings. The van der Waals surface area contributed by atoms with Crippen LogP contribution in [0, 0.1) is 0 Å². The predicted octanol–water partition coefficient (Wildman–Crippen LogP) is 6.78. The molecule has 6 heteroatoms. The van der Waals surface area contributed by atoms with Gasteiger partial charge in [-0.05, 0) is 55.4 Å². The van der Waals surface area contributed by atoms with Crippen molar-refractivity contribution in [2.45, 2.75) is 75.6 Å². The molecular formula is C28H34O5S. The molecule has 1 heterocycles. The van der Waals surface area contributed by atoms with Gasteiger partial charge in [-0.15, -0.1) is 0 Å². The number of carboxylic acid groups (broad SMARTS) is 2. The Balaban J connectivity index is 1.46. The minimum Gasteiger partial charge on any atom is -0.480 e. The molecule has 0 bridgehead atoms. The Morgan fingerprint density at radius 2 is 1.53 bits per heavy atom. The molecule has 0 amide bonds. The van der Waals surface area contributed by atoms with E-state index in [0.29, 0.717) is 5.09 Å². The number of carboxylic acids is 2. The van der Waals surface area contributed by atoms with Crippen LogP contribution in [0.1, 0.15) is 73.8 Å². The third-order valence-corrected chi connectivity index (χ3v) is 7.41. The molecule has 182 valence electrons. The average molecular weight is 483 g/mol. The Morgan fingerprint density at radius 3 is 2.18 bits per heavy atom. The topological polar surface area (TPSA) is 83.8 Å². The fourth-order valence-electron chi connectivity index (χ4n) is 4.16. The standard InChI is InChI=1S/C28H34O5S/c1-28(27(31)32)20-19-24(33-28)34-25(26(29)30)23-18-12-11-17-22(23)16-10-5-3-2-4-7-13-21-14-8-6-9-15-21/h6,8-9,11-12,14-15,17-19,25H,2-5,7,10,13,16,20H2,1H3,(H,29,30)(H,31,32). The monoisotopic (exact) mass is 482 g/mol. The molecule has 34 heavy (non-hydrogen) atoms. The second kappa shape index (κ2) is 12.7. The number of aliphatic carboxylic acids is 2. The number of rotatable bonds is 14. The molecule has 5 nitrogen and oxygen atoms in total. The largest absolute Gasteiger partial charge is 0.480 e. The summed E-state index contributed by atoms with van der Waals surface area (Å²) in [5.74, 6) is -2.00. The van der Waals surface area contributed by atoms with E-state index in [1.165, 1.54) is 38.2 Å². The molecule has 2 unspecified atom stereocenters. The molecule has 0 aromatic heterocycles. The summed E-state index contributed by atoms with van der Waals surface area (Å²) in [5.41, 5.74) is 1.87. The van der Waals surface area contributed by atoms with E-state index in [2.05, 4.69) is 24.3 Å². The number of thioether (sulfide) groups is 1. The van der Waals surface area contributed by atoms with Crippen molar-refractivity contribution in [2.24, 2.45) is 0 Å². The van der Waals surface area contributed by atoms with Crippen LogP contribution < -0.4 is 0 Å². The second-order valence-corrected chi connectivity index (χ2v) is 10.1. The molecule has 2 aromatic rings. The highest BCUT2D eigenvalue weighted by molar-refractivity contribution is 8.03. The van der Waals surface area contributed by atoms with Crippen molar-refractivity contribution in [1.29, 1.82) is 0 Å². The fourth-order valence-corrected chi connectivity index (χ4v) is 5.27. The minimum atomic E-state index is -1.33. The van der Waals surface area contributed by atoms with Crippen LogP contribution in [-0.2, 0) is 27.2 Å². The zero-order chi connectivity index (χ0) is 24.4. The predicted molar refractivity (Wildman–Crippen MR) is 136 cm³/mol. The van der Waals surface area contributed by atoms with E-state index in [1.807, 2.05) is 30.3 Å². The van der Waals surface area contributed by atoms with E-state index >= 15 is 0 Å². The first-order valence-corrected chi connectivity index (χ1v) is 12.9. The fraction of sp³-hybridized carbons (Fsp3) is 0.429. The van der Waals surface area contributed by atoms with Crippen LogP contribution in [0.4, 0.5) is 0 Å². The minimum absolute atomic E-state index is 0.226. The molecular weight excluding hydrogens is 448 g/mol. The molecule has 2 aromatic carbocycles. The van der Waals surface area contributed by atoms with Crippen LogP contribution in [0.3, 0.4) is 0 Å². The number of benzene rings is 2. The van der Waals surface area contributed by atoms with Gasteiger partial charge >= 0.3 is 11.9 Å². The van der Waals surface area contributed by atoms with Gasteiger partial charge < -0.3 is 14.9 Å². The normalized spacial score (nSPS) is 18.2. The van der Waals surface area contributed by atoms with Crippen LogP contribution in [0.5, 0.6) is 0 Å². The highest BCUT2D eigenvalue weighted by Crippen LogP contribution is 2.43. The van der Waals surface area contributed by atoms with Gasteiger partial charge in [-0.25, -0.2) is 4.79 Å². The Morgan fingerprint density at radius 1 is 0.912 bits per heavy atom. The van der Waals surface area contributed by atoms with Gasteiger partial charge in [-0.3, -0.25) is 4.79 Å². The lowest BCUT2D eigenvalue weighted by atomic mass is 9.98. The zero-order valence-corrected chi connectivity index (χ0v) is 20.6. The summed E-state index contributed by atoms with van der Waals surface area (Å²) in [5, 5.41) is 18.8. The summed E-state index contributed by atoms with van der Waals surface area (Å²) < 4.78 is 5.59. The van der Waals surface area contributed by atoms with Crippen LogP contribution in [0.25, 0.3) is 0 Å². The van der Waals surface area contributed by atoms with Crippen molar-refractivity contribution in [1.82, 2.24) is 0 Å². The summed E-state index contributed by atoms with van der Waals surface area (Å²) in [7, 11) is 0. The first-order chi connectivity index (χ1) is 16.4. The van der Waals surface area contributed by atoms with E-state index in [-0.39, 0.29) is 6.42 Å². The third kappa shape index (κ3) is 7.39. The van der Waals surface area contributed by atoms with Gasteiger partial charge in [0.25, 0.3) is 0 Å². The van der Waals surface area contributed by atoms with Crippen LogP contribution in [0.15, 0.2) is 65.8 Å². The highest BCUT2D eigenvalue weighted by Gasteiger charge is 2.41. The smallest absolute Gasteiger partial charge is 0.348 e. The lowest BCUT2D eigenvalue weighted by Gasteiger charge is -2.22. The maximum absolute atomic E-state index is 12.1. The Kier molecular flexibility index (Phi) is 9.63. The van der Waals surface area contributed by atoms with E-state index in [1.54, 1.807) is 6.08 Å². The number of carbonyl (C=O) groups is 2. The molecule has 0 saturated carbocycles. The lowest BCUT2D eigenvalue weighted by molar-refractivity contribution is -0.155. The molecule has 1 aliphatic heterocycles. The molecule has 0 spiro atoms. The zero-order valence-electron chi connectivity index (χ0n) is 19.7. The maximum atomic E-state index is 12.1. The summed E-state index contributed by atoms with van der Waals surface area (Å²) in [4.78, 5) is 23.5. The van der Waals surface area contributed by atoms with Gasteiger partial charge in [0.2, 0.25) is 5.60 Å². The van der Waals surface area contributed by atoms with Crippen LogP contribution in [-0.4, -0.2) is 27.8 Å². The Hall–Kier alpha value is -2.73. The second-order valence-electron chi connectivity index (χ2n) is 9.01. The van der Waals surface area contributed by atoms with Gasteiger partial charge in [0.05, 0.1) is 0 Å². The molecule has 0 saturated heterocycles. The van der Waals surface area contributed by atoms with Crippen molar-refractivity contribution in [3.8, 4) is 0 Å². The number of hydrogen-bond acceptors (Lipinski definition) is 4. The number of unbranched alkanes of at least 4 members (excludes halogenated alkanes) is 5. The van der Waals surface area contributed by atoms with Crippen molar-refractivity contribution < 1.29 is 24.5 Å². The van der Waals surface area contributed by atoms with Crippen LogP contribution >= 0.6 is 11.8 Å². The van der Waals surface area contributed by atoms with E-state index < -0.39 is 22.8 Å². The SMILES string of the molecule is CC1(C(=O)O)CC=C(SC(C(=O)O)c2ccccc2CCCCCCCCc2ccccc2)O1. The molecule has 2 atom stereocenters. The number of aryl methyl sites for hydroxylation is 2. The molecule has 3 rings (SSSR count). The third-order valence-electron chi connectivity index (χ3n) is 6.24. The van der Waals surface area contributed by atoms with Gasteiger partial charge in [0, 0.05) is 6.42 Å². The van der Waals surface area contributed by atoms with Gasteiger partial charge in [-0.1, -0.05) is 92.0 Å². The van der Waals surface area contributed by atoms with Crippen molar-refractivity contribution in [3.63, 3.8) is 0 Å². The average Bonchev–Trinajstić information content (AvgIpc) is 3.22. The van der Waals surface area contributed by atoms with E-state index in [4.69, 9.17) is 4.74 Å². The van der Waals surface area contributed by atoms with E-state index in [9.17, 15) is 19.8 Å². The Labute approximate surface area is 206 Å². The lowest BCUT2D eigenvalue weighted by Crippen LogP contribution is -2.34.